The monoisotopic (exact) mass is 282 g/mol. The van der Waals surface area contributed by atoms with Gasteiger partial charge in [0.25, 0.3) is 0 Å². The fraction of sp³-hybridized carbons (Fsp3) is 0.643. The number of hydrogen-bond donors (Lipinski definition) is 2. The van der Waals surface area contributed by atoms with Gasteiger partial charge in [0.15, 0.2) is 0 Å². The van der Waals surface area contributed by atoms with E-state index in [1.54, 1.807) is 11.3 Å². The molecule has 1 amide bonds. The summed E-state index contributed by atoms with van der Waals surface area (Å²) in [5.74, 6) is 0.399. The minimum Gasteiger partial charge on any atom is -0.396 e. The number of hydrogen-bond acceptors (Lipinski definition) is 4. The summed E-state index contributed by atoms with van der Waals surface area (Å²) in [4.78, 5) is 15.3. The first-order chi connectivity index (χ1) is 9.19. The number of rotatable bonds is 5. The second-order valence-corrected chi connectivity index (χ2v) is 6.21. The average molecular weight is 282 g/mol. The smallest absolute Gasteiger partial charge is 0.234 e. The lowest BCUT2D eigenvalue weighted by atomic mass is 9.99. The van der Waals surface area contributed by atoms with Crippen LogP contribution < -0.4 is 5.32 Å². The predicted molar refractivity (Wildman–Crippen MR) is 77.1 cm³/mol. The first kappa shape index (κ1) is 14.5. The highest BCUT2D eigenvalue weighted by Gasteiger charge is 2.21. The molecule has 1 saturated heterocycles. The van der Waals surface area contributed by atoms with Crippen LogP contribution >= 0.6 is 11.3 Å². The molecular weight excluding hydrogens is 260 g/mol. The molecule has 5 heteroatoms. The SMILES string of the molecule is CC(NC(=O)CN1CCCC(CO)C1)c1cccs1. The number of nitrogens with zero attached hydrogens (tertiary/aromatic N) is 1. The van der Waals surface area contributed by atoms with Gasteiger partial charge in [-0.05, 0) is 43.7 Å². The van der Waals surface area contributed by atoms with Crippen LogP contribution in [-0.2, 0) is 4.79 Å². The van der Waals surface area contributed by atoms with E-state index in [0.717, 1.165) is 25.9 Å². The molecule has 1 aromatic rings. The molecule has 0 radical (unpaired) electrons. The molecule has 0 aliphatic carbocycles. The number of aliphatic hydroxyl groups is 1. The summed E-state index contributed by atoms with van der Waals surface area (Å²) in [5.41, 5.74) is 0. The third-order valence-electron chi connectivity index (χ3n) is 3.58. The lowest BCUT2D eigenvalue weighted by Crippen LogP contribution is -2.43. The summed E-state index contributed by atoms with van der Waals surface area (Å²) in [5, 5.41) is 14.2. The molecule has 2 N–H and O–H groups in total. The van der Waals surface area contributed by atoms with Crippen molar-refractivity contribution in [1.82, 2.24) is 10.2 Å². The number of piperidine rings is 1. The number of nitrogens with one attached hydrogen (secondary N) is 1. The Morgan fingerprint density at radius 1 is 1.68 bits per heavy atom. The van der Waals surface area contributed by atoms with E-state index in [2.05, 4.69) is 10.2 Å². The van der Waals surface area contributed by atoms with Gasteiger partial charge in [-0.1, -0.05) is 6.07 Å². The zero-order chi connectivity index (χ0) is 13.7. The lowest BCUT2D eigenvalue weighted by molar-refractivity contribution is -0.123. The highest BCUT2D eigenvalue weighted by atomic mass is 32.1. The van der Waals surface area contributed by atoms with Gasteiger partial charge in [-0.15, -0.1) is 11.3 Å². The Balaban J connectivity index is 1.77. The highest BCUT2D eigenvalue weighted by Crippen LogP contribution is 2.18. The number of likely N-dealkylation sites (tertiary alicyclic amines) is 1. The van der Waals surface area contributed by atoms with Crippen LogP contribution in [0.25, 0.3) is 0 Å². The Morgan fingerprint density at radius 2 is 2.53 bits per heavy atom. The van der Waals surface area contributed by atoms with Crippen molar-refractivity contribution in [3.05, 3.63) is 22.4 Å². The fourth-order valence-electron chi connectivity index (χ4n) is 2.54. The van der Waals surface area contributed by atoms with Crippen LogP contribution in [0.3, 0.4) is 0 Å². The first-order valence-electron chi connectivity index (χ1n) is 6.85. The van der Waals surface area contributed by atoms with Crippen molar-refractivity contribution in [3.63, 3.8) is 0 Å². The number of aliphatic hydroxyl groups excluding tert-OH is 1. The van der Waals surface area contributed by atoms with Crippen molar-refractivity contribution >= 4 is 17.2 Å². The summed E-state index contributed by atoms with van der Waals surface area (Å²) in [6.07, 6.45) is 2.14. The zero-order valence-electron chi connectivity index (χ0n) is 11.3. The maximum absolute atomic E-state index is 12.0. The van der Waals surface area contributed by atoms with E-state index in [-0.39, 0.29) is 18.6 Å². The lowest BCUT2D eigenvalue weighted by Gasteiger charge is -2.31. The molecule has 2 rings (SSSR count). The Morgan fingerprint density at radius 3 is 3.21 bits per heavy atom. The van der Waals surface area contributed by atoms with Crippen molar-refractivity contribution < 1.29 is 9.90 Å². The van der Waals surface area contributed by atoms with E-state index < -0.39 is 0 Å². The van der Waals surface area contributed by atoms with Gasteiger partial charge in [0.1, 0.15) is 0 Å². The third kappa shape index (κ3) is 4.30. The maximum atomic E-state index is 12.0. The van der Waals surface area contributed by atoms with Crippen molar-refractivity contribution in [1.29, 1.82) is 0 Å². The molecule has 106 valence electrons. The standard InChI is InChI=1S/C14H22N2O2S/c1-11(13-5-3-7-19-13)15-14(18)9-16-6-2-4-12(8-16)10-17/h3,5,7,11-12,17H,2,4,6,8-10H2,1H3,(H,15,18). The average Bonchev–Trinajstić information content (AvgIpc) is 2.92. The van der Waals surface area contributed by atoms with Gasteiger partial charge in [-0.3, -0.25) is 9.69 Å². The fourth-order valence-corrected chi connectivity index (χ4v) is 3.28. The number of thiophene rings is 1. The van der Waals surface area contributed by atoms with Gasteiger partial charge in [0.05, 0.1) is 12.6 Å². The van der Waals surface area contributed by atoms with Crippen molar-refractivity contribution in [2.75, 3.05) is 26.2 Å². The number of carbonyl (C=O) groups is 1. The number of amides is 1. The predicted octanol–water partition coefficient (Wildman–Crippen LogP) is 1.63. The molecule has 1 fully saturated rings. The molecule has 4 nitrogen and oxygen atoms in total. The topological polar surface area (TPSA) is 52.6 Å². The molecule has 2 unspecified atom stereocenters. The molecule has 1 aromatic heterocycles. The van der Waals surface area contributed by atoms with Crippen molar-refractivity contribution in [2.45, 2.75) is 25.8 Å². The first-order valence-corrected chi connectivity index (χ1v) is 7.73. The van der Waals surface area contributed by atoms with Gasteiger partial charge >= 0.3 is 0 Å². The Hall–Kier alpha value is -0.910. The van der Waals surface area contributed by atoms with Crippen LogP contribution in [0.2, 0.25) is 0 Å². The molecule has 1 aliphatic heterocycles. The largest absolute Gasteiger partial charge is 0.396 e. The van der Waals surface area contributed by atoms with Crippen LogP contribution in [0.1, 0.15) is 30.7 Å². The quantitative estimate of drug-likeness (QED) is 0.863. The van der Waals surface area contributed by atoms with E-state index in [4.69, 9.17) is 0 Å². The van der Waals surface area contributed by atoms with Crippen LogP contribution in [0, 0.1) is 5.92 Å². The van der Waals surface area contributed by atoms with Gasteiger partial charge in [-0.25, -0.2) is 0 Å². The summed E-state index contributed by atoms with van der Waals surface area (Å²) in [7, 11) is 0. The summed E-state index contributed by atoms with van der Waals surface area (Å²) >= 11 is 1.66. The molecule has 2 heterocycles. The van der Waals surface area contributed by atoms with Gasteiger partial charge in [-0.2, -0.15) is 0 Å². The number of carbonyl (C=O) groups excluding carboxylic acids is 1. The van der Waals surface area contributed by atoms with Crippen molar-refractivity contribution in [3.8, 4) is 0 Å². The Bertz CT molecular complexity index is 394. The van der Waals surface area contributed by atoms with Gasteiger partial charge in [0, 0.05) is 18.0 Å². The van der Waals surface area contributed by atoms with Gasteiger partial charge in [0.2, 0.25) is 5.91 Å². The molecule has 19 heavy (non-hydrogen) atoms. The van der Waals surface area contributed by atoms with E-state index in [0.29, 0.717) is 12.5 Å². The van der Waals surface area contributed by atoms with E-state index >= 15 is 0 Å². The highest BCUT2D eigenvalue weighted by molar-refractivity contribution is 7.10. The van der Waals surface area contributed by atoms with Gasteiger partial charge < -0.3 is 10.4 Å². The second kappa shape index (κ2) is 7.03. The molecule has 0 spiro atoms. The van der Waals surface area contributed by atoms with E-state index in [9.17, 15) is 9.90 Å². The van der Waals surface area contributed by atoms with Crippen LogP contribution in [0.5, 0.6) is 0 Å². The molecular formula is C14H22N2O2S. The summed E-state index contributed by atoms with van der Waals surface area (Å²) < 4.78 is 0. The summed E-state index contributed by atoms with van der Waals surface area (Å²) in [6.45, 7) is 4.46. The maximum Gasteiger partial charge on any atom is 0.234 e. The third-order valence-corrected chi connectivity index (χ3v) is 4.63. The van der Waals surface area contributed by atoms with Crippen LogP contribution in [0.15, 0.2) is 17.5 Å². The Kier molecular flexibility index (Phi) is 5.36. The Labute approximate surface area is 118 Å². The molecule has 0 bridgehead atoms. The molecule has 0 saturated carbocycles. The van der Waals surface area contributed by atoms with Crippen molar-refractivity contribution in [2.24, 2.45) is 5.92 Å². The normalized spacial score (nSPS) is 22.1. The van der Waals surface area contributed by atoms with E-state index in [1.807, 2.05) is 24.4 Å². The molecule has 1 aliphatic rings. The minimum absolute atomic E-state index is 0.0690. The summed E-state index contributed by atoms with van der Waals surface area (Å²) in [6, 6.07) is 4.11. The molecule has 2 atom stereocenters. The zero-order valence-corrected chi connectivity index (χ0v) is 12.2. The van der Waals surface area contributed by atoms with E-state index in [1.165, 1.54) is 4.88 Å². The van der Waals surface area contributed by atoms with Crippen LogP contribution in [0.4, 0.5) is 0 Å². The molecule has 0 aromatic carbocycles. The minimum atomic E-state index is 0.0690. The second-order valence-electron chi connectivity index (χ2n) is 5.23. The van der Waals surface area contributed by atoms with Crippen LogP contribution in [-0.4, -0.2) is 42.2 Å².